The highest BCUT2D eigenvalue weighted by molar-refractivity contribution is 6.36. The number of nitrogens with zero attached hydrogens (tertiary/aromatic N) is 2. The van der Waals surface area contributed by atoms with E-state index in [0.717, 1.165) is 5.69 Å². The molecule has 0 spiro atoms. The molecule has 8 nitrogen and oxygen atoms in total. The summed E-state index contributed by atoms with van der Waals surface area (Å²) in [4.78, 5) is 17.5. The average molecular weight is 487 g/mol. The van der Waals surface area contributed by atoms with E-state index in [1.165, 1.54) is 0 Å². The Labute approximate surface area is 197 Å². The Hall–Kier alpha value is -1.13. The number of rotatable bonds is 2. The Bertz CT molecular complexity index is 904. The molecule has 1 aromatic carbocycles. The molecular weight excluding hydrogens is 459 g/mol. The number of hydrogen-bond acceptors (Lipinski definition) is 7. The summed E-state index contributed by atoms with van der Waals surface area (Å²) >= 11 is 12.4. The third kappa shape index (κ3) is 4.11. The molecule has 0 bridgehead atoms. The normalized spacial score (nSPS) is 35.5. The second-order valence-electron chi connectivity index (χ2n) is 9.50. The Morgan fingerprint density at radius 3 is 2.22 bits per heavy atom. The van der Waals surface area contributed by atoms with Gasteiger partial charge in [0.2, 0.25) is 0 Å². The molecule has 4 aliphatic rings. The number of halogens is 2. The molecule has 4 aliphatic heterocycles. The number of hydrogen-bond donors (Lipinski definition) is 0. The molecule has 10 heteroatoms. The first-order valence-electron chi connectivity index (χ1n) is 10.9. The molecule has 0 N–H and O–H groups in total. The van der Waals surface area contributed by atoms with Gasteiger partial charge >= 0.3 is 0 Å². The molecule has 5 atom stereocenters. The van der Waals surface area contributed by atoms with Crippen LogP contribution < -0.4 is 4.90 Å². The van der Waals surface area contributed by atoms with Gasteiger partial charge in [-0.3, -0.25) is 4.79 Å². The van der Waals surface area contributed by atoms with Gasteiger partial charge in [-0.05, 0) is 45.9 Å². The predicted molar refractivity (Wildman–Crippen MR) is 118 cm³/mol. The molecular formula is C22H28Cl2N2O6. The molecule has 0 aliphatic carbocycles. The summed E-state index contributed by atoms with van der Waals surface area (Å²) in [5.41, 5.74) is 0.910. The first-order valence-corrected chi connectivity index (χ1v) is 11.6. The van der Waals surface area contributed by atoms with Crippen LogP contribution in [0.15, 0.2) is 18.2 Å². The van der Waals surface area contributed by atoms with Crippen molar-refractivity contribution in [3.8, 4) is 0 Å². The molecule has 4 saturated heterocycles. The molecule has 0 radical (unpaired) electrons. The first-order chi connectivity index (χ1) is 15.0. The topological polar surface area (TPSA) is 69.7 Å². The van der Waals surface area contributed by atoms with E-state index in [0.29, 0.717) is 36.2 Å². The quantitative estimate of drug-likeness (QED) is 0.635. The van der Waals surface area contributed by atoms with Crippen molar-refractivity contribution in [2.45, 2.75) is 70.0 Å². The lowest BCUT2D eigenvalue weighted by Gasteiger charge is -2.41. The number of fused-ring (bicyclic) bond motifs is 3. The fraction of sp³-hybridized carbons (Fsp3) is 0.682. The van der Waals surface area contributed by atoms with Crippen LogP contribution >= 0.6 is 23.2 Å². The number of piperazine rings is 1. The van der Waals surface area contributed by atoms with Gasteiger partial charge in [0.15, 0.2) is 24.0 Å². The van der Waals surface area contributed by atoms with Gasteiger partial charge in [-0.15, -0.1) is 0 Å². The maximum atomic E-state index is 13.5. The van der Waals surface area contributed by atoms with Crippen LogP contribution in [-0.4, -0.2) is 79.3 Å². The summed E-state index contributed by atoms with van der Waals surface area (Å²) in [5, 5.41) is 1.19. The molecule has 1 unspecified atom stereocenters. The number of anilines is 1. The summed E-state index contributed by atoms with van der Waals surface area (Å²) < 4.78 is 30.3. The van der Waals surface area contributed by atoms with E-state index in [9.17, 15) is 4.79 Å². The van der Waals surface area contributed by atoms with Crippen molar-refractivity contribution in [1.82, 2.24) is 4.90 Å². The van der Waals surface area contributed by atoms with Crippen LogP contribution in [-0.2, 0) is 28.5 Å². The second kappa shape index (κ2) is 7.98. The van der Waals surface area contributed by atoms with Crippen LogP contribution in [0.2, 0.25) is 10.0 Å². The molecule has 5 rings (SSSR count). The van der Waals surface area contributed by atoms with Crippen molar-refractivity contribution in [3.63, 3.8) is 0 Å². The van der Waals surface area contributed by atoms with E-state index in [-0.39, 0.29) is 5.91 Å². The summed E-state index contributed by atoms with van der Waals surface area (Å²) in [7, 11) is 0. The number of ether oxygens (including phenoxy) is 5. The molecule has 4 fully saturated rings. The van der Waals surface area contributed by atoms with Gasteiger partial charge in [-0.2, -0.15) is 0 Å². The highest BCUT2D eigenvalue weighted by Crippen LogP contribution is 2.44. The Balaban J connectivity index is 1.30. The second-order valence-corrected chi connectivity index (χ2v) is 10.3. The highest BCUT2D eigenvalue weighted by atomic mass is 35.5. The van der Waals surface area contributed by atoms with Gasteiger partial charge in [0.05, 0.1) is 10.7 Å². The van der Waals surface area contributed by atoms with E-state index in [1.807, 2.05) is 39.8 Å². The van der Waals surface area contributed by atoms with Gasteiger partial charge in [-0.25, -0.2) is 0 Å². The standard InChI is InChI=1S/C22H28Cl2N2O6/c1-21(2)29-15-16(30-21)18-20(32-22(3,4)31-18)28-17(15)19(27)26-9-7-25(8-10-26)14-6-5-12(23)11-13(14)24/h5-6,11,15-18,20H,7-10H2,1-4H3/t15-,16+,17+,18-,20?/m1/s1. The maximum absolute atomic E-state index is 13.5. The van der Waals surface area contributed by atoms with E-state index in [4.69, 9.17) is 46.9 Å². The minimum atomic E-state index is -0.841. The monoisotopic (exact) mass is 486 g/mol. The summed E-state index contributed by atoms with van der Waals surface area (Å²) in [5.74, 6) is -1.79. The lowest BCUT2D eigenvalue weighted by atomic mass is 9.98. The Morgan fingerprint density at radius 1 is 0.906 bits per heavy atom. The molecule has 0 saturated carbocycles. The molecule has 1 amide bonds. The lowest BCUT2D eigenvalue weighted by Crippen LogP contribution is -2.61. The van der Waals surface area contributed by atoms with Crippen LogP contribution in [0.5, 0.6) is 0 Å². The van der Waals surface area contributed by atoms with Gasteiger partial charge in [-0.1, -0.05) is 23.2 Å². The molecule has 0 aromatic heterocycles. The van der Waals surface area contributed by atoms with Gasteiger partial charge in [0, 0.05) is 31.2 Å². The van der Waals surface area contributed by atoms with Crippen molar-refractivity contribution in [2.24, 2.45) is 0 Å². The van der Waals surface area contributed by atoms with Gasteiger partial charge < -0.3 is 33.5 Å². The van der Waals surface area contributed by atoms with Crippen LogP contribution in [0.3, 0.4) is 0 Å². The van der Waals surface area contributed by atoms with E-state index < -0.39 is 42.3 Å². The number of benzene rings is 1. The third-order valence-electron chi connectivity index (χ3n) is 6.24. The number of amides is 1. The van der Waals surface area contributed by atoms with Crippen molar-refractivity contribution >= 4 is 34.8 Å². The van der Waals surface area contributed by atoms with Crippen molar-refractivity contribution in [2.75, 3.05) is 31.1 Å². The SMILES string of the molecule is CC1(C)O[C@@H]2[C@H](O1)[C@H]1OC(C)(C)OC1O[C@@H]2C(=O)N1CCN(c2ccc(Cl)cc2Cl)CC1. The van der Waals surface area contributed by atoms with Gasteiger partial charge in [0.1, 0.15) is 18.3 Å². The van der Waals surface area contributed by atoms with Crippen LogP contribution in [0.1, 0.15) is 27.7 Å². The molecule has 176 valence electrons. The van der Waals surface area contributed by atoms with Crippen LogP contribution in [0.4, 0.5) is 5.69 Å². The Kier molecular flexibility index (Phi) is 5.65. The molecule has 4 heterocycles. The number of carbonyl (C=O) groups excluding carboxylic acids is 1. The number of carbonyl (C=O) groups is 1. The summed E-state index contributed by atoms with van der Waals surface area (Å²) in [6.07, 6.45) is -2.99. The zero-order valence-electron chi connectivity index (χ0n) is 18.5. The van der Waals surface area contributed by atoms with Crippen LogP contribution in [0, 0.1) is 0 Å². The van der Waals surface area contributed by atoms with Crippen molar-refractivity contribution in [1.29, 1.82) is 0 Å². The molecule has 32 heavy (non-hydrogen) atoms. The van der Waals surface area contributed by atoms with Crippen LogP contribution in [0.25, 0.3) is 0 Å². The fourth-order valence-electron chi connectivity index (χ4n) is 4.90. The van der Waals surface area contributed by atoms with Crippen molar-refractivity contribution in [3.05, 3.63) is 28.2 Å². The average Bonchev–Trinajstić information content (AvgIpc) is 3.21. The third-order valence-corrected chi connectivity index (χ3v) is 6.78. The highest BCUT2D eigenvalue weighted by Gasteiger charge is 2.62. The zero-order chi connectivity index (χ0) is 22.8. The zero-order valence-corrected chi connectivity index (χ0v) is 20.1. The van der Waals surface area contributed by atoms with E-state index in [2.05, 4.69) is 4.90 Å². The predicted octanol–water partition coefficient (Wildman–Crippen LogP) is 3.04. The minimum Gasteiger partial charge on any atom is -0.367 e. The fourth-order valence-corrected chi connectivity index (χ4v) is 5.42. The van der Waals surface area contributed by atoms with E-state index >= 15 is 0 Å². The summed E-state index contributed by atoms with van der Waals surface area (Å²) in [6, 6.07) is 5.45. The first kappa shape index (κ1) is 22.7. The Morgan fingerprint density at radius 2 is 1.53 bits per heavy atom. The maximum Gasteiger partial charge on any atom is 0.254 e. The largest absolute Gasteiger partial charge is 0.367 e. The smallest absolute Gasteiger partial charge is 0.254 e. The minimum absolute atomic E-state index is 0.130. The van der Waals surface area contributed by atoms with Gasteiger partial charge in [0.25, 0.3) is 5.91 Å². The summed E-state index contributed by atoms with van der Waals surface area (Å²) in [6.45, 7) is 9.68. The van der Waals surface area contributed by atoms with Crippen molar-refractivity contribution < 1.29 is 28.5 Å². The van der Waals surface area contributed by atoms with E-state index in [1.54, 1.807) is 11.0 Å². The molecule has 1 aromatic rings. The lowest BCUT2D eigenvalue weighted by molar-refractivity contribution is -0.234.